The Morgan fingerprint density at radius 2 is 1.97 bits per heavy atom. The first-order chi connectivity index (χ1) is 15.9. The number of nitro groups is 1. The Labute approximate surface area is 189 Å². The van der Waals surface area contributed by atoms with Gasteiger partial charge in [0.15, 0.2) is 6.20 Å². The number of aromatic nitrogens is 3. The van der Waals surface area contributed by atoms with Crippen molar-refractivity contribution in [2.45, 2.75) is 13.3 Å². The monoisotopic (exact) mass is 449 g/mol. The lowest BCUT2D eigenvalue weighted by molar-refractivity contribution is -0.389. The highest BCUT2D eigenvalue weighted by molar-refractivity contribution is 5.90. The quantitative estimate of drug-likeness (QED) is 0.451. The Hall–Kier alpha value is -4.28. The first-order valence-electron chi connectivity index (χ1n) is 10.5. The number of benzene rings is 1. The lowest BCUT2D eigenvalue weighted by atomic mass is 10.2. The van der Waals surface area contributed by atoms with Crippen LogP contribution < -0.4 is 15.8 Å². The number of nitrogens with zero attached hydrogens (tertiary/aromatic N) is 5. The number of pyridine rings is 1. The molecule has 1 aliphatic heterocycles. The number of rotatable bonds is 5. The number of aromatic amines is 1. The van der Waals surface area contributed by atoms with Crippen LogP contribution in [0.5, 0.6) is 0 Å². The molecule has 2 aromatic heterocycles. The van der Waals surface area contributed by atoms with Gasteiger partial charge in [-0.25, -0.2) is 9.78 Å². The van der Waals surface area contributed by atoms with Crippen molar-refractivity contribution in [1.29, 1.82) is 0 Å². The molecule has 1 aromatic carbocycles. The van der Waals surface area contributed by atoms with Gasteiger partial charge in [0.1, 0.15) is 5.82 Å². The molecule has 11 heteroatoms. The zero-order valence-electron chi connectivity index (χ0n) is 18.0. The molecule has 33 heavy (non-hydrogen) atoms. The lowest BCUT2D eigenvalue weighted by Gasteiger charge is -2.35. The Kier molecular flexibility index (Phi) is 6.29. The lowest BCUT2D eigenvalue weighted by Crippen LogP contribution is -2.50. The third kappa shape index (κ3) is 5.14. The van der Waals surface area contributed by atoms with Crippen LogP contribution >= 0.6 is 0 Å². The van der Waals surface area contributed by atoms with Gasteiger partial charge in [-0.2, -0.15) is 0 Å². The van der Waals surface area contributed by atoms with Gasteiger partial charge in [0.25, 0.3) is 5.56 Å². The molecule has 1 fully saturated rings. The van der Waals surface area contributed by atoms with Crippen molar-refractivity contribution in [1.82, 2.24) is 19.9 Å². The minimum absolute atomic E-state index is 0.195. The molecular formula is C22H23N7O4. The number of hydrogen-bond acceptors (Lipinski definition) is 7. The minimum atomic E-state index is -0.532. The molecular weight excluding hydrogens is 426 g/mol. The Morgan fingerprint density at radius 1 is 1.18 bits per heavy atom. The summed E-state index contributed by atoms with van der Waals surface area (Å²) in [6, 6.07) is 11.5. The van der Waals surface area contributed by atoms with Crippen LogP contribution in [0.2, 0.25) is 0 Å². The fourth-order valence-corrected chi connectivity index (χ4v) is 3.61. The van der Waals surface area contributed by atoms with E-state index in [0.29, 0.717) is 55.4 Å². The van der Waals surface area contributed by atoms with Crippen LogP contribution in [0.1, 0.15) is 12.6 Å². The maximum absolute atomic E-state index is 12.8. The van der Waals surface area contributed by atoms with Gasteiger partial charge in [0.2, 0.25) is 0 Å². The molecule has 0 radical (unpaired) electrons. The summed E-state index contributed by atoms with van der Waals surface area (Å²) in [5, 5.41) is 13.7. The number of urea groups is 1. The molecule has 2 amide bonds. The summed E-state index contributed by atoms with van der Waals surface area (Å²) in [7, 11) is 0. The van der Waals surface area contributed by atoms with Crippen molar-refractivity contribution < 1.29 is 9.72 Å². The molecule has 1 saturated heterocycles. The van der Waals surface area contributed by atoms with Gasteiger partial charge in [-0.15, -0.1) is 0 Å². The number of aryl methyl sites for hydroxylation is 1. The van der Waals surface area contributed by atoms with Gasteiger partial charge >= 0.3 is 11.8 Å². The SMILES string of the molecule is CCc1cc(=O)[nH]c(-c2cccc(NC(=O)N3CCN(c4ccc([N+](=O)[O-])nc4)CC3)c2)n1. The highest BCUT2D eigenvalue weighted by atomic mass is 16.6. The van der Waals surface area contributed by atoms with E-state index in [4.69, 9.17) is 0 Å². The predicted molar refractivity (Wildman–Crippen MR) is 123 cm³/mol. The summed E-state index contributed by atoms with van der Waals surface area (Å²) in [5.41, 5.74) is 2.57. The molecule has 0 aliphatic carbocycles. The summed E-state index contributed by atoms with van der Waals surface area (Å²) in [4.78, 5) is 49.7. The number of carbonyl (C=O) groups is 1. The van der Waals surface area contributed by atoms with Gasteiger partial charge in [-0.1, -0.05) is 19.1 Å². The number of anilines is 2. The summed E-state index contributed by atoms with van der Waals surface area (Å²) >= 11 is 0. The van der Waals surface area contributed by atoms with Gasteiger partial charge in [0.05, 0.1) is 5.69 Å². The van der Waals surface area contributed by atoms with E-state index < -0.39 is 4.92 Å². The molecule has 11 nitrogen and oxygen atoms in total. The van der Waals surface area contributed by atoms with E-state index in [-0.39, 0.29) is 17.4 Å². The molecule has 1 aliphatic rings. The highest BCUT2D eigenvalue weighted by Gasteiger charge is 2.22. The van der Waals surface area contributed by atoms with E-state index >= 15 is 0 Å². The average Bonchev–Trinajstić information content (AvgIpc) is 2.84. The second-order valence-corrected chi connectivity index (χ2v) is 7.56. The first kappa shape index (κ1) is 21.9. The molecule has 0 unspecified atom stereocenters. The average molecular weight is 449 g/mol. The number of hydrogen-bond donors (Lipinski definition) is 2. The van der Waals surface area contributed by atoms with Crippen LogP contribution in [-0.4, -0.2) is 57.0 Å². The summed E-state index contributed by atoms with van der Waals surface area (Å²) in [6.45, 7) is 4.09. The molecule has 0 spiro atoms. The summed E-state index contributed by atoms with van der Waals surface area (Å²) in [6.07, 6.45) is 2.13. The van der Waals surface area contributed by atoms with E-state index in [2.05, 4.69) is 20.3 Å². The van der Waals surface area contributed by atoms with E-state index in [0.717, 1.165) is 5.69 Å². The number of carbonyl (C=O) groups excluding carboxylic acids is 1. The molecule has 3 aromatic rings. The Balaban J connectivity index is 1.38. The maximum atomic E-state index is 12.8. The van der Waals surface area contributed by atoms with E-state index in [1.165, 1.54) is 18.3 Å². The van der Waals surface area contributed by atoms with Gasteiger partial charge < -0.3 is 30.2 Å². The largest absolute Gasteiger partial charge is 0.365 e. The molecule has 170 valence electrons. The highest BCUT2D eigenvalue weighted by Crippen LogP contribution is 2.21. The molecule has 3 heterocycles. The van der Waals surface area contributed by atoms with Crippen molar-refractivity contribution in [2.24, 2.45) is 0 Å². The van der Waals surface area contributed by atoms with Crippen LogP contribution in [0.4, 0.5) is 22.0 Å². The maximum Gasteiger partial charge on any atom is 0.363 e. The van der Waals surface area contributed by atoms with Gasteiger partial charge in [0, 0.05) is 55.3 Å². The van der Waals surface area contributed by atoms with E-state index in [1.54, 1.807) is 29.2 Å². The summed E-state index contributed by atoms with van der Waals surface area (Å²) in [5.74, 6) is 0.264. The molecule has 2 N–H and O–H groups in total. The van der Waals surface area contributed by atoms with Crippen molar-refractivity contribution in [3.8, 4) is 11.4 Å². The van der Waals surface area contributed by atoms with Crippen molar-refractivity contribution in [3.05, 3.63) is 74.8 Å². The van der Waals surface area contributed by atoms with Crippen LogP contribution in [0.15, 0.2) is 53.5 Å². The zero-order valence-corrected chi connectivity index (χ0v) is 18.0. The van der Waals surface area contributed by atoms with Crippen LogP contribution in [-0.2, 0) is 6.42 Å². The van der Waals surface area contributed by atoms with Crippen molar-refractivity contribution in [2.75, 3.05) is 36.4 Å². The second-order valence-electron chi connectivity index (χ2n) is 7.56. The molecule has 0 saturated carbocycles. The Morgan fingerprint density at radius 3 is 2.64 bits per heavy atom. The fraction of sp³-hybridized carbons (Fsp3) is 0.273. The van der Waals surface area contributed by atoms with Crippen molar-refractivity contribution >= 4 is 23.2 Å². The normalized spacial score (nSPS) is 13.6. The topological polar surface area (TPSA) is 137 Å². The molecule has 4 rings (SSSR count). The van der Waals surface area contributed by atoms with Gasteiger partial charge in [-0.3, -0.25) is 4.79 Å². The summed E-state index contributed by atoms with van der Waals surface area (Å²) < 4.78 is 0. The fourth-order valence-electron chi connectivity index (χ4n) is 3.61. The number of amides is 2. The standard InChI is InChI=1S/C22H23N7O4/c1-2-16-13-20(30)26-21(24-16)15-4-3-5-17(12-15)25-22(31)28-10-8-27(9-11-28)18-6-7-19(23-14-18)29(32)33/h3-7,12-14H,2,8-11H2,1H3,(H,25,31)(H,24,26,30). The number of piperazine rings is 1. The van der Waals surface area contributed by atoms with Crippen molar-refractivity contribution in [3.63, 3.8) is 0 Å². The number of nitrogens with one attached hydrogen (secondary N) is 2. The Bertz CT molecular complexity index is 1220. The predicted octanol–water partition coefficient (Wildman–Crippen LogP) is 2.66. The van der Waals surface area contributed by atoms with Crippen LogP contribution in [0, 0.1) is 10.1 Å². The minimum Gasteiger partial charge on any atom is -0.365 e. The van der Waals surface area contributed by atoms with E-state index in [1.807, 2.05) is 17.9 Å². The van der Waals surface area contributed by atoms with Gasteiger partial charge in [-0.05, 0) is 34.5 Å². The second kappa shape index (κ2) is 9.47. The third-order valence-corrected chi connectivity index (χ3v) is 5.40. The molecule has 0 bridgehead atoms. The third-order valence-electron chi connectivity index (χ3n) is 5.40. The van der Waals surface area contributed by atoms with Crippen LogP contribution in [0.25, 0.3) is 11.4 Å². The van der Waals surface area contributed by atoms with Crippen LogP contribution in [0.3, 0.4) is 0 Å². The zero-order chi connectivity index (χ0) is 23.4. The van der Waals surface area contributed by atoms with E-state index in [9.17, 15) is 19.7 Å². The molecule has 0 atom stereocenters. The number of H-pyrrole nitrogens is 1. The first-order valence-corrected chi connectivity index (χ1v) is 10.5. The smallest absolute Gasteiger partial charge is 0.363 e.